The Labute approximate surface area is 126 Å². The third kappa shape index (κ3) is 4.59. The van der Waals surface area contributed by atoms with Crippen molar-refractivity contribution < 1.29 is 9.84 Å². The number of aromatic nitrogens is 1. The number of nitrogens with zero attached hydrogens (tertiary/aromatic N) is 1. The monoisotopic (exact) mass is 310 g/mol. The average molecular weight is 311 g/mol. The number of nitrogen functional groups attached to an aromatic ring is 1. The van der Waals surface area contributed by atoms with E-state index in [1.165, 1.54) is 11.8 Å². The second-order valence-corrected chi connectivity index (χ2v) is 5.55. The maximum Gasteiger partial charge on any atom is 0.121 e. The molecule has 1 atom stereocenters. The van der Waals surface area contributed by atoms with Crippen molar-refractivity contribution in [3.05, 3.63) is 47.6 Å². The second kappa shape index (κ2) is 7.38. The Morgan fingerprint density at radius 1 is 1.35 bits per heavy atom. The predicted octanol–water partition coefficient (Wildman–Crippen LogP) is 2.85. The molecule has 4 nitrogen and oxygen atoms in total. The number of halogens is 1. The number of hydrogen-bond acceptors (Lipinski definition) is 5. The third-order valence-electron chi connectivity index (χ3n) is 2.44. The van der Waals surface area contributed by atoms with E-state index in [0.29, 0.717) is 27.2 Å². The molecule has 0 bridgehead atoms. The number of ether oxygens (including phenoxy) is 1. The number of aliphatic hydroxyl groups is 1. The molecule has 0 aliphatic heterocycles. The second-order valence-electron chi connectivity index (χ2n) is 4.14. The van der Waals surface area contributed by atoms with Crippen LogP contribution >= 0.6 is 23.4 Å². The van der Waals surface area contributed by atoms with Gasteiger partial charge in [-0.1, -0.05) is 17.7 Å². The van der Waals surface area contributed by atoms with Gasteiger partial charge in [-0.25, -0.2) is 4.98 Å². The average Bonchev–Trinajstić information content (AvgIpc) is 2.44. The molecule has 106 valence electrons. The Bertz CT molecular complexity index is 568. The van der Waals surface area contributed by atoms with Gasteiger partial charge in [-0.05, 0) is 24.3 Å². The topological polar surface area (TPSA) is 68.4 Å². The SMILES string of the molecule is Nc1cccc(OCC(O)CSc2ncccc2Cl)c1. The van der Waals surface area contributed by atoms with E-state index in [1.54, 1.807) is 42.6 Å². The maximum absolute atomic E-state index is 9.88. The fourth-order valence-corrected chi connectivity index (χ4v) is 2.57. The van der Waals surface area contributed by atoms with Gasteiger partial charge in [-0.3, -0.25) is 0 Å². The van der Waals surface area contributed by atoms with Crippen LogP contribution in [0.15, 0.2) is 47.6 Å². The molecule has 1 heterocycles. The van der Waals surface area contributed by atoms with Gasteiger partial charge in [0.25, 0.3) is 0 Å². The molecule has 2 rings (SSSR count). The van der Waals surface area contributed by atoms with Crippen LogP contribution in [-0.2, 0) is 0 Å². The molecule has 0 fully saturated rings. The highest BCUT2D eigenvalue weighted by molar-refractivity contribution is 7.99. The van der Waals surface area contributed by atoms with Gasteiger partial charge in [0, 0.05) is 23.7 Å². The lowest BCUT2D eigenvalue weighted by molar-refractivity contribution is 0.126. The lowest BCUT2D eigenvalue weighted by Crippen LogP contribution is -2.20. The molecular weight excluding hydrogens is 296 g/mol. The van der Waals surface area contributed by atoms with Gasteiger partial charge in [0.15, 0.2) is 0 Å². The number of anilines is 1. The van der Waals surface area contributed by atoms with Gasteiger partial charge >= 0.3 is 0 Å². The van der Waals surface area contributed by atoms with Crippen LogP contribution < -0.4 is 10.5 Å². The lowest BCUT2D eigenvalue weighted by atomic mass is 10.3. The zero-order valence-electron chi connectivity index (χ0n) is 10.7. The largest absolute Gasteiger partial charge is 0.491 e. The number of hydrogen-bond donors (Lipinski definition) is 2. The third-order valence-corrected chi connectivity index (χ3v) is 4.00. The van der Waals surface area contributed by atoms with Crippen molar-refractivity contribution in [1.29, 1.82) is 0 Å². The minimum atomic E-state index is -0.612. The summed E-state index contributed by atoms with van der Waals surface area (Å²) in [7, 11) is 0. The number of benzene rings is 1. The van der Waals surface area contributed by atoms with Gasteiger partial charge in [0.05, 0.1) is 11.1 Å². The highest BCUT2D eigenvalue weighted by Gasteiger charge is 2.09. The molecule has 0 saturated carbocycles. The van der Waals surface area contributed by atoms with E-state index in [2.05, 4.69) is 4.98 Å². The van der Waals surface area contributed by atoms with Crippen LogP contribution in [-0.4, -0.2) is 28.6 Å². The minimum Gasteiger partial charge on any atom is -0.491 e. The summed E-state index contributed by atoms with van der Waals surface area (Å²) in [5.41, 5.74) is 6.28. The van der Waals surface area contributed by atoms with Gasteiger partial charge < -0.3 is 15.6 Å². The van der Waals surface area contributed by atoms with Crippen molar-refractivity contribution in [2.45, 2.75) is 11.1 Å². The van der Waals surface area contributed by atoms with E-state index in [0.717, 1.165) is 0 Å². The highest BCUT2D eigenvalue weighted by atomic mass is 35.5. The molecule has 3 N–H and O–H groups in total. The molecule has 0 aliphatic rings. The predicted molar refractivity (Wildman–Crippen MR) is 82.3 cm³/mol. The molecule has 1 unspecified atom stereocenters. The summed E-state index contributed by atoms with van der Waals surface area (Å²) < 4.78 is 5.47. The summed E-state index contributed by atoms with van der Waals surface area (Å²) in [6.07, 6.45) is 1.06. The van der Waals surface area contributed by atoms with E-state index in [4.69, 9.17) is 22.1 Å². The van der Waals surface area contributed by atoms with E-state index in [-0.39, 0.29) is 6.61 Å². The van der Waals surface area contributed by atoms with Crippen LogP contribution in [0.2, 0.25) is 5.02 Å². The number of nitrogens with two attached hydrogens (primary N) is 1. The molecule has 6 heteroatoms. The van der Waals surface area contributed by atoms with Crippen LogP contribution in [0.25, 0.3) is 0 Å². The highest BCUT2D eigenvalue weighted by Crippen LogP contribution is 2.24. The van der Waals surface area contributed by atoms with Crippen molar-refractivity contribution in [2.75, 3.05) is 18.1 Å². The van der Waals surface area contributed by atoms with Crippen molar-refractivity contribution in [2.24, 2.45) is 0 Å². The molecular formula is C14H15ClN2O2S. The molecule has 1 aromatic heterocycles. The van der Waals surface area contributed by atoms with Crippen LogP contribution in [0.4, 0.5) is 5.69 Å². The summed E-state index contributed by atoms with van der Waals surface area (Å²) in [4.78, 5) is 4.14. The number of aliphatic hydroxyl groups excluding tert-OH is 1. The summed E-state index contributed by atoms with van der Waals surface area (Å²) in [6, 6.07) is 10.6. The van der Waals surface area contributed by atoms with E-state index in [9.17, 15) is 5.11 Å². The Morgan fingerprint density at radius 2 is 2.20 bits per heavy atom. The van der Waals surface area contributed by atoms with E-state index < -0.39 is 6.10 Å². The zero-order valence-corrected chi connectivity index (χ0v) is 12.3. The Hall–Kier alpha value is -1.43. The molecule has 0 aliphatic carbocycles. The molecule has 0 radical (unpaired) electrons. The van der Waals surface area contributed by atoms with E-state index in [1.807, 2.05) is 0 Å². The number of thioether (sulfide) groups is 1. The molecule has 1 aromatic carbocycles. The van der Waals surface area contributed by atoms with Gasteiger partial charge in [-0.15, -0.1) is 11.8 Å². The first-order chi connectivity index (χ1) is 9.65. The summed E-state index contributed by atoms with van der Waals surface area (Å²) >= 11 is 7.38. The first kappa shape index (κ1) is 15.0. The maximum atomic E-state index is 9.88. The summed E-state index contributed by atoms with van der Waals surface area (Å²) in [6.45, 7) is 0.195. The molecule has 0 spiro atoms. The quantitative estimate of drug-likeness (QED) is 0.634. The molecule has 2 aromatic rings. The Kier molecular flexibility index (Phi) is 5.52. The summed E-state index contributed by atoms with van der Waals surface area (Å²) in [5.74, 6) is 1.10. The minimum absolute atomic E-state index is 0.195. The van der Waals surface area contributed by atoms with Crippen LogP contribution in [0.3, 0.4) is 0 Å². The van der Waals surface area contributed by atoms with Crippen molar-refractivity contribution in [3.63, 3.8) is 0 Å². The van der Waals surface area contributed by atoms with Gasteiger partial charge in [0.1, 0.15) is 17.4 Å². The number of rotatable bonds is 6. The normalized spacial score (nSPS) is 12.1. The first-order valence-corrected chi connectivity index (χ1v) is 7.41. The van der Waals surface area contributed by atoms with Gasteiger partial charge in [-0.2, -0.15) is 0 Å². The van der Waals surface area contributed by atoms with Crippen LogP contribution in [0.5, 0.6) is 5.75 Å². The van der Waals surface area contributed by atoms with Crippen molar-refractivity contribution in [3.8, 4) is 5.75 Å². The van der Waals surface area contributed by atoms with Crippen molar-refractivity contribution in [1.82, 2.24) is 4.98 Å². The van der Waals surface area contributed by atoms with Crippen LogP contribution in [0.1, 0.15) is 0 Å². The Balaban J connectivity index is 1.78. The summed E-state index contributed by atoms with van der Waals surface area (Å²) in [5, 5.41) is 11.2. The van der Waals surface area contributed by atoms with Crippen molar-refractivity contribution >= 4 is 29.1 Å². The number of pyridine rings is 1. The molecule has 20 heavy (non-hydrogen) atoms. The molecule has 0 amide bonds. The smallest absolute Gasteiger partial charge is 0.121 e. The van der Waals surface area contributed by atoms with Crippen LogP contribution in [0, 0.1) is 0 Å². The fraction of sp³-hybridized carbons (Fsp3) is 0.214. The zero-order chi connectivity index (χ0) is 14.4. The van der Waals surface area contributed by atoms with E-state index >= 15 is 0 Å². The first-order valence-electron chi connectivity index (χ1n) is 6.05. The van der Waals surface area contributed by atoms with Gasteiger partial charge in [0.2, 0.25) is 0 Å². The fourth-order valence-electron chi connectivity index (χ4n) is 1.50. The Morgan fingerprint density at radius 3 is 2.95 bits per heavy atom. The lowest BCUT2D eigenvalue weighted by Gasteiger charge is -2.12. The molecule has 0 saturated heterocycles. The standard InChI is InChI=1S/C14H15ClN2O2S/c15-13-5-2-6-17-14(13)20-9-11(18)8-19-12-4-1-3-10(16)7-12/h1-7,11,18H,8-9,16H2.